The van der Waals surface area contributed by atoms with Crippen molar-refractivity contribution in [2.75, 3.05) is 31.0 Å². The average Bonchev–Trinajstić information content (AvgIpc) is 3.51. The maximum atomic E-state index is 12.2. The highest BCUT2D eigenvalue weighted by molar-refractivity contribution is 5.99. The summed E-state index contributed by atoms with van der Waals surface area (Å²) in [5.74, 6) is -0.729. The Bertz CT molecular complexity index is 1400. The number of rotatable bonds is 8. The molecule has 4 N–H and O–H groups in total. The molecule has 1 aromatic carbocycles. The molecule has 0 radical (unpaired) electrons. The van der Waals surface area contributed by atoms with E-state index in [1.807, 2.05) is 29.1 Å². The molecule has 12 heteroatoms. The van der Waals surface area contributed by atoms with Gasteiger partial charge in [0.15, 0.2) is 17.3 Å². The van der Waals surface area contributed by atoms with Crippen LogP contribution in [0, 0.1) is 5.92 Å². The summed E-state index contributed by atoms with van der Waals surface area (Å²) in [6.45, 7) is 1.19. The molecule has 0 unspecified atom stereocenters. The molecule has 1 saturated heterocycles. The summed E-state index contributed by atoms with van der Waals surface area (Å²) in [6, 6.07) is 7.15. The number of amides is 2. The lowest BCUT2D eigenvalue weighted by Gasteiger charge is -2.39. The number of ether oxygens (including phenoxy) is 3. The van der Waals surface area contributed by atoms with Crippen LogP contribution in [0.15, 0.2) is 36.7 Å². The highest BCUT2D eigenvalue weighted by Crippen LogP contribution is 2.44. The zero-order valence-electron chi connectivity index (χ0n) is 21.7. The number of aromatic nitrogens is 4. The lowest BCUT2D eigenvalue weighted by atomic mass is 9.89. The van der Waals surface area contributed by atoms with Crippen LogP contribution in [0.2, 0.25) is 0 Å². The fraction of sp³-hybridized carbons (Fsp3) is 0.444. The molecule has 3 heterocycles. The van der Waals surface area contributed by atoms with Crippen molar-refractivity contribution in [3.8, 4) is 16.9 Å². The minimum atomic E-state index is -0.751. The third-order valence-corrected chi connectivity index (χ3v) is 7.48. The molecule has 12 nitrogen and oxygen atoms in total. The lowest BCUT2D eigenvalue weighted by Crippen LogP contribution is -2.43. The predicted octanol–water partition coefficient (Wildman–Crippen LogP) is 3.40. The lowest BCUT2D eigenvalue weighted by molar-refractivity contribution is -0.208. The topological polar surface area (TPSA) is 156 Å². The second-order valence-corrected chi connectivity index (χ2v) is 10.1. The van der Waals surface area contributed by atoms with Crippen molar-refractivity contribution in [3.05, 3.63) is 42.4 Å². The van der Waals surface area contributed by atoms with Gasteiger partial charge in [0.2, 0.25) is 5.91 Å². The molecule has 39 heavy (non-hydrogen) atoms. The largest absolute Gasteiger partial charge is 0.494 e. The number of carbonyl (C=O) groups excluding carboxylic acids is 2. The van der Waals surface area contributed by atoms with E-state index in [9.17, 15) is 9.59 Å². The Morgan fingerprint density at radius 1 is 1.13 bits per heavy atom. The summed E-state index contributed by atoms with van der Waals surface area (Å²) in [5.41, 5.74) is 8.04. The van der Waals surface area contributed by atoms with Crippen molar-refractivity contribution in [3.63, 3.8) is 0 Å². The van der Waals surface area contributed by atoms with Gasteiger partial charge in [0, 0.05) is 35.7 Å². The molecule has 3 aromatic rings. The summed E-state index contributed by atoms with van der Waals surface area (Å²) >= 11 is 0. The molecule has 6 rings (SSSR count). The van der Waals surface area contributed by atoms with Crippen LogP contribution in [-0.4, -0.2) is 57.9 Å². The van der Waals surface area contributed by atoms with Crippen LogP contribution >= 0.6 is 0 Å². The van der Waals surface area contributed by atoms with Crippen LogP contribution in [0.1, 0.15) is 55.1 Å². The van der Waals surface area contributed by atoms with Gasteiger partial charge in [0.05, 0.1) is 37.9 Å². The normalized spacial score (nSPS) is 20.1. The highest BCUT2D eigenvalue weighted by Gasteiger charge is 2.47. The van der Waals surface area contributed by atoms with E-state index in [1.54, 1.807) is 19.4 Å². The first kappa shape index (κ1) is 25.3. The van der Waals surface area contributed by atoms with Crippen LogP contribution in [-0.2, 0) is 14.3 Å². The monoisotopic (exact) mass is 533 g/mol. The quantitative estimate of drug-likeness (QED) is 0.395. The molecule has 3 fully saturated rings. The molecule has 2 amide bonds. The SMILES string of the molecule is COc1c(Nc2cc(NC(=O)C3CC3)nnc2C(N)=O)cccc1-c1cnn([C@H]2CCCCC23OCCO3)c1. The van der Waals surface area contributed by atoms with Crippen molar-refractivity contribution in [2.45, 2.75) is 50.4 Å². The van der Waals surface area contributed by atoms with Crippen molar-refractivity contribution >= 4 is 29.0 Å². The highest BCUT2D eigenvalue weighted by atomic mass is 16.7. The third-order valence-electron chi connectivity index (χ3n) is 7.48. The van der Waals surface area contributed by atoms with Gasteiger partial charge in [-0.25, -0.2) is 0 Å². The Kier molecular flexibility index (Phi) is 6.65. The van der Waals surface area contributed by atoms with Gasteiger partial charge in [-0.15, -0.1) is 10.2 Å². The van der Waals surface area contributed by atoms with E-state index in [-0.39, 0.29) is 29.4 Å². The van der Waals surface area contributed by atoms with Gasteiger partial charge < -0.3 is 30.6 Å². The molecule has 1 aliphatic heterocycles. The molecule has 3 aliphatic rings. The van der Waals surface area contributed by atoms with E-state index in [4.69, 9.17) is 19.9 Å². The maximum absolute atomic E-state index is 12.2. The van der Waals surface area contributed by atoms with Crippen LogP contribution in [0.3, 0.4) is 0 Å². The Morgan fingerprint density at radius 2 is 1.95 bits per heavy atom. The Morgan fingerprint density at radius 3 is 2.69 bits per heavy atom. The molecule has 0 bridgehead atoms. The number of para-hydroxylation sites is 1. The number of methoxy groups -OCH3 is 1. The van der Waals surface area contributed by atoms with Gasteiger partial charge >= 0.3 is 0 Å². The number of nitrogens with one attached hydrogen (secondary N) is 2. The number of nitrogens with two attached hydrogens (primary N) is 1. The molecule has 2 aliphatic carbocycles. The van der Waals surface area contributed by atoms with E-state index in [0.29, 0.717) is 30.3 Å². The number of benzene rings is 1. The summed E-state index contributed by atoms with van der Waals surface area (Å²) in [4.78, 5) is 24.3. The first-order valence-electron chi connectivity index (χ1n) is 13.2. The van der Waals surface area contributed by atoms with E-state index >= 15 is 0 Å². The molecular weight excluding hydrogens is 502 g/mol. The van der Waals surface area contributed by atoms with Crippen LogP contribution < -0.4 is 21.1 Å². The van der Waals surface area contributed by atoms with Crippen molar-refractivity contribution < 1.29 is 23.8 Å². The average molecular weight is 534 g/mol. The second-order valence-electron chi connectivity index (χ2n) is 10.1. The van der Waals surface area contributed by atoms with Gasteiger partial charge in [0.25, 0.3) is 5.91 Å². The first-order chi connectivity index (χ1) is 19.0. The molecular formula is C27H31N7O5. The Balaban J connectivity index is 1.30. The smallest absolute Gasteiger partial charge is 0.271 e. The Hall–Kier alpha value is -4.03. The van der Waals surface area contributed by atoms with E-state index in [2.05, 4.69) is 25.9 Å². The van der Waals surface area contributed by atoms with Gasteiger partial charge in [-0.3, -0.25) is 14.3 Å². The second kappa shape index (κ2) is 10.3. The summed E-state index contributed by atoms with van der Waals surface area (Å²) < 4.78 is 19.9. The number of primary amides is 1. The zero-order valence-corrected chi connectivity index (χ0v) is 21.7. The summed E-state index contributed by atoms with van der Waals surface area (Å²) in [6.07, 6.45) is 9.41. The van der Waals surface area contributed by atoms with E-state index < -0.39 is 11.7 Å². The van der Waals surface area contributed by atoms with Crippen molar-refractivity contribution in [2.24, 2.45) is 11.7 Å². The molecule has 2 saturated carbocycles. The number of hydrogen-bond acceptors (Lipinski definition) is 9. The zero-order chi connectivity index (χ0) is 27.0. The number of nitrogens with zero attached hydrogens (tertiary/aromatic N) is 4. The summed E-state index contributed by atoms with van der Waals surface area (Å²) in [5, 5.41) is 18.5. The number of hydrogen-bond donors (Lipinski definition) is 3. The van der Waals surface area contributed by atoms with Crippen molar-refractivity contribution in [1.82, 2.24) is 20.0 Å². The number of anilines is 3. The molecule has 1 atom stereocenters. The van der Waals surface area contributed by atoms with Crippen LogP contribution in [0.5, 0.6) is 5.75 Å². The van der Waals surface area contributed by atoms with Crippen LogP contribution in [0.25, 0.3) is 11.1 Å². The Labute approximate surface area is 225 Å². The van der Waals surface area contributed by atoms with E-state index in [1.165, 1.54) is 0 Å². The fourth-order valence-corrected chi connectivity index (χ4v) is 5.42. The predicted molar refractivity (Wildman–Crippen MR) is 142 cm³/mol. The third kappa shape index (κ3) is 4.92. The molecule has 1 spiro atoms. The van der Waals surface area contributed by atoms with Gasteiger partial charge in [-0.1, -0.05) is 18.6 Å². The fourth-order valence-electron chi connectivity index (χ4n) is 5.42. The maximum Gasteiger partial charge on any atom is 0.271 e. The molecule has 204 valence electrons. The minimum Gasteiger partial charge on any atom is -0.494 e. The van der Waals surface area contributed by atoms with Crippen LogP contribution in [0.4, 0.5) is 17.2 Å². The molecule has 2 aromatic heterocycles. The van der Waals surface area contributed by atoms with Gasteiger partial charge in [-0.05, 0) is 31.7 Å². The van der Waals surface area contributed by atoms with Gasteiger partial charge in [-0.2, -0.15) is 5.10 Å². The standard InChI is InChI=1S/C27H31N7O5/c1-37-24-18(17-14-29-34(15-17)21-7-2-3-10-27(21)38-11-12-39-27)5-4-6-19(24)30-20-13-22(31-26(36)16-8-9-16)32-33-23(20)25(28)35/h4-6,13-16,21H,2-3,7-12H2,1H3,(H2,28,35)(H2,30,31,32,36)/t21-/m0/s1. The number of carbonyl (C=O) groups is 2. The minimum absolute atomic E-state index is 0.00741. The van der Waals surface area contributed by atoms with E-state index in [0.717, 1.165) is 49.7 Å². The van der Waals surface area contributed by atoms with Crippen molar-refractivity contribution in [1.29, 1.82) is 0 Å². The summed E-state index contributed by atoms with van der Waals surface area (Å²) in [7, 11) is 1.58. The first-order valence-corrected chi connectivity index (χ1v) is 13.2. The van der Waals surface area contributed by atoms with Gasteiger partial charge in [0.1, 0.15) is 11.8 Å².